The number of carbonyl (C=O) groups is 1. The second kappa shape index (κ2) is 7.23. The van der Waals surface area contributed by atoms with Gasteiger partial charge in [0.05, 0.1) is 13.7 Å². The number of hydrogen-bond donors (Lipinski definition) is 3. The zero-order valence-corrected chi connectivity index (χ0v) is 14.4. The highest BCUT2D eigenvalue weighted by atomic mass is 32.1. The van der Waals surface area contributed by atoms with Crippen molar-refractivity contribution in [3.8, 4) is 5.75 Å². The van der Waals surface area contributed by atoms with Gasteiger partial charge in [0, 0.05) is 11.4 Å². The first kappa shape index (κ1) is 16.8. The van der Waals surface area contributed by atoms with Crippen LogP contribution in [0, 0.1) is 5.92 Å². The quantitative estimate of drug-likeness (QED) is 0.722. The zero-order valence-electron chi connectivity index (χ0n) is 13.6. The number of carbonyl (C=O) groups excluding carboxylic acids is 1. The summed E-state index contributed by atoms with van der Waals surface area (Å²) in [6.07, 6.45) is 2.01. The van der Waals surface area contributed by atoms with Crippen LogP contribution in [0.4, 0.5) is 4.79 Å². The minimum atomic E-state index is -0.953. The van der Waals surface area contributed by atoms with Crippen LogP contribution in [0.1, 0.15) is 23.3 Å². The average Bonchev–Trinajstić information content (AvgIpc) is 3.33. The highest BCUT2D eigenvalue weighted by molar-refractivity contribution is 7.10. The van der Waals surface area contributed by atoms with E-state index in [1.165, 1.54) is 11.3 Å². The zero-order chi connectivity index (χ0) is 17.0. The van der Waals surface area contributed by atoms with Gasteiger partial charge in [0.25, 0.3) is 0 Å². The number of rotatable bonds is 7. The smallest absolute Gasteiger partial charge is 0.315 e. The SMILES string of the molecule is COc1ccc(CNC(=O)NC[C@@](O)(c2cccs2)C2CC2)cc1. The molecule has 0 saturated heterocycles. The molecule has 0 spiro atoms. The van der Waals surface area contributed by atoms with Gasteiger partial charge in [-0.15, -0.1) is 11.3 Å². The van der Waals surface area contributed by atoms with E-state index in [1.807, 2.05) is 41.8 Å². The number of ether oxygens (including phenoxy) is 1. The molecule has 1 aliphatic rings. The Morgan fingerprint density at radius 2 is 2.04 bits per heavy atom. The van der Waals surface area contributed by atoms with Gasteiger partial charge in [-0.3, -0.25) is 0 Å². The molecule has 128 valence electrons. The molecule has 1 fully saturated rings. The Balaban J connectivity index is 1.51. The summed E-state index contributed by atoms with van der Waals surface area (Å²) < 4.78 is 5.11. The van der Waals surface area contributed by atoms with Gasteiger partial charge in [-0.2, -0.15) is 0 Å². The molecule has 3 rings (SSSR count). The van der Waals surface area contributed by atoms with Crippen molar-refractivity contribution in [2.24, 2.45) is 5.92 Å². The van der Waals surface area contributed by atoms with Gasteiger partial charge in [-0.1, -0.05) is 18.2 Å². The minimum absolute atomic E-state index is 0.229. The second-order valence-corrected chi connectivity index (χ2v) is 7.01. The fourth-order valence-corrected chi connectivity index (χ4v) is 3.63. The summed E-state index contributed by atoms with van der Waals surface area (Å²) in [5, 5.41) is 18.5. The van der Waals surface area contributed by atoms with Crippen molar-refractivity contribution in [1.29, 1.82) is 0 Å². The first-order valence-electron chi connectivity index (χ1n) is 8.03. The molecule has 1 aromatic heterocycles. The molecule has 2 amide bonds. The first-order chi connectivity index (χ1) is 11.6. The van der Waals surface area contributed by atoms with Crippen LogP contribution in [0.3, 0.4) is 0 Å². The molecule has 5 nitrogen and oxygen atoms in total. The normalized spacial score (nSPS) is 16.2. The van der Waals surface area contributed by atoms with Crippen LogP contribution in [0.5, 0.6) is 5.75 Å². The van der Waals surface area contributed by atoms with Crippen molar-refractivity contribution in [3.63, 3.8) is 0 Å². The van der Waals surface area contributed by atoms with Gasteiger partial charge in [-0.25, -0.2) is 4.79 Å². The summed E-state index contributed by atoms with van der Waals surface area (Å²) in [4.78, 5) is 13.0. The third-order valence-electron chi connectivity index (χ3n) is 4.33. The van der Waals surface area contributed by atoms with Gasteiger partial charge >= 0.3 is 6.03 Å². The molecule has 1 aromatic carbocycles. The Labute approximate surface area is 145 Å². The highest BCUT2D eigenvalue weighted by Crippen LogP contribution is 2.46. The van der Waals surface area contributed by atoms with Crippen molar-refractivity contribution < 1.29 is 14.6 Å². The molecular formula is C18H22N2O3S. The fraction of sp³-hybridized carbons (Fsp3) is 0.389. The van der Waals surface area contributed by atoms with Crippen LogP contribution >= 0.6 is 11.3 Å². The third kappa shape index (κ3) is 3.88. The maximum absolute atomic E-state index is 12.0. The van der Waals surface area contributed by atoms with Crippen LogP contribution < -0.4 is 15.4 Å². The number of hydrogen-bond acceptors (Lipinski definition) is 4. The predicted octanol–water partition coefficient (Wildman–Crippen LogP) is 2.85. The number of amides is 2. The third-order valence-corrected chi connectivity index (χ3v) is 5.37. The van der Waals surface area contributed by atoms with Gasteiger partial charge in [0.2, 0.25) is 0 Å². The standard InChI is InChI=1S/C18H22N2O3S/c1-23-15-8-4-13(5-9-15)11-19-17(21)20-12-18(22,14-6-7-14)16-3-2-10-24-16/h2-5,8-10,14,22H,6-7,11-12H2,1H3,(H2,19,20,21)/t18-/m0/s1. The van der Waals surface area contributed by atoms with Gasteiger partial charge in [0.15, 0.2) is 0 Å². The maximum Gasteiger partial charge on any atom is 0.315 e. The summed E-state index contributed by atoms with van der Waals surface area (Å²) in [5.74, 6) is 1.02. The molecule has 2 aromatic rings. The average molecular weight is 346 g/mol. The van der Waals surface area contributed by atoms with Crippen LogP contribution in [-0.4, -0.2) is 24.8 Å². The molecule has 0 radical (unpaired) electrons. The van der Waals surface area contributed by atoms with Gasteiger partial charge in [-0.05, 0) is 47.9 Å². The lowest BCUT2D eigenvalue weighted by Gasteiger charge is -2.27. The van der Waals surface area contributed by atoms with Gasteiger partial charge < -0.3 is 20.5 Å². The number of methoxy groups -OCH3 is 1. The lowest BCUT2D eigenvalue weighted by molar-refractivity contribution is 0.0196. The summed E-state index contributed by atoms with van der Waals surface area (Å²) in [6.45, 7) is 0.656. The molecule has 24 heavy (non-hydrogen) atoms. The molecule has 1 saturated carbocycles. The Hall–Kier alpha value is -2.05. The topological polar surface area (TPSA) is 70.6 Å². The number of aliphatic hydroxyl groups is 1. The summed E-state index contributed by atoms with van der Waals surface area (Å²) >= 11 is 1.53. The summed E-state index contributed by atoms with van der Waals surface area (Å²) in [5.41, 5.74) is 0.0349. The molecule has 3 N–H and O–H groups in total. The Morgan fingerprint density at radius 1 is 1.29 bits per heavy atom. The fourth-order valence-electron chi connectivity index (χ4n) is 2.72. The number of benzene rings is 1. The van der Waals surface area contributed by atoms with Crippen molar-refractivity contribution in [1.82, 2.24) is 10.6 Å². The molecule has 0 unspecified atom stereocenters. The number of nitrogens with one attached hydrogen (secondary N) is 2. The van der Waals surface area contributed by atoms with E-state index in [0.29, 0.717) is 6.54 Å². The monoisotopic (exact) mass is 346 g/mol. The van der Waals surface area contributed by atoms with E-state index in [4.69, 9.17) is 4.74 Å². The predicted molar refractivity (Wildman–Crippen MR) is 94.2 cm³/mol. The van der Waals surface area contributed by atoms with Gasteiger partial charge in [0.1, 0.15) is 11.4 Å². The Bertz CT molecular complexity index is 668. The van der Waals surface area contributed by atoms with Crippen molar-refractivity contribution >= 4 is 17.4 Å². The Morgan fingerprint density at radius 3 is 2.62 bits per heavy atom. The summed E-state index contributed by atoms with van der Waals surface area (Å²) in [7, 11) is 1.62. The molecule has 1 heterocycles. The molecule has 0 aliphatic heterocycles. The lowest BCUT2D eigenvalue weighted by atomic mass is 9.96. The molecule has 1 aliphatic carbocycles. The van der Waals surface area contributed by atoms with Crippen molar-refractivity contribution in [2.45, 2.75) is 25.0 Å². The lowest BCUT2D eigenvalue weighted by Crippen LogP contribution is -2.45. The molecule has 0 bridgehead atoms. The largest absolute Gasteiger partial charge is 0.497 e. The maximum atomic E-state index is 12.0. The minimum Gasteiger partial charge on any atom is -0.497 e. The Kier molecular flexibility index (Phi) is 5.06. The second-order valence-electron chi connectivity index (χ2n) is 6.06. The van der Waals surface area contributed by atoms with E-state index in [0.717, 1.165) is 29.0 Å². The van der Waals surface area contributed by atoms with E-state index in [1.54, 1.807) is 7.11 Å². The molecule has 6 heteroatoms. The van der Waals surface area contributed by atoms with E-state index in [2.05, 4.69) is 10.6 Å². The van der Waals surface area contributed by atoms with Crippen LogP contribution in [0.15, 0.2) is 41.8 Å². The van der Waals surface area contributed by atoms with E-state index < -0.39 is 5.60 Å². The van der Waals surface area contributed by atoms with Crippen LogP contribution in [0.2, 0.25) is 0 Å². The van der Waals surface area contributed by atoms with Crippen LogP contribution in [-0.2, 0) is 12.1 Å². The first-order valence-corrected chi connectivity index (χ1v) is 8.91. The van der Waals surface area contributed by atoms with Crippen molar-refractivity contribution in [2.75, 3.05) is 13.7 Å². The molecule has 1 atom stereocenters. The highest BCUT2D eigenvalue weighted by Gasteiger charge is 2.45. The van der Waals surface area contributed by atoms with E-state index in [9.17, 15) is 9.90 Å². The number of urea groups is 1. The summed E-state index contributed by atoms with van der Waals surface area (Å²) in [6, 6.07) is 11.1. The van der Waals surface area contributed by atoms with E-state index in [-0.39, 0.29) is 18.5 Å². The van der Waals surface area contributed by atoms with E-state index >= 15 is 0 Å². The van der Waals surface area contributed by atoms with Crippen molar-refractivity contribution in [3.05, 3.63) is 52.2 Å². The molecular weight excluding hydrogens is 324 g/mol. The number of thiophene rings is 1. The van der Waals surface area contributed by atoms with Crippen LogP contribution in [0.25, 0.3) is 0 Å².